The number of carbonyl (C=O) groups excluding carboxylic acids is 2. The first-order valence-electron chi connectivity index (χ1n) is 10.6. The Morgan fingerprint density at radius 3 is 2.36 bits per heavy atom. The first-order valence-corrected chi connectivity index (χ1v) is 12.1. The lowest BCUT2D eigenvalue weighted by Crippen LogP contribution is -2.33. The largest absolute Gasteiger partial charge is 0.452 e. The van der Waals surface area contributed by atoms with Gasteiger partial charge in [0.05, 0.1) is 16.5 Å². The number of hydrogen-bond acceptors (Lipinski definition) is 5. The predicted molar refractivity (Wildman–Crippen MR) is 127 cm³/mol. The summed E-state index contributed by atoms with van der Waals surface area (Å²) in [5.41, 5.74) is 1.02. The summed E-state index contributed by atoms with van der Waals surface area (Å²) in [4.78, 5) is 24.8. The van der Waals surface area contributed by atoms with Crippen molar-refractivity contribution in [1.82, 2.24) is 9.62 Å². The number of nitrogens with zero attached hydrogens (tertiary/aromatic N) is 1. The number of hydrogen-bond donors (Lipinski definition) is 1. The third kappa shape index (κ3) is 5.58. The van der Waals surface area contributed by atoms with Crippen molar-refractivity contribution in [3.63, 3.8) is 0 Å². The van der Waals surface area contributed by atoms with Gasteiger partial charge in [0.25, 0.3) is 5.91 Å². The third-order valence-corrected chi connectivity index (χ3v) is 7.51. The van der Waals surface area contributed by atoms with Gasteiger partial charge in [0.1, 0.15) is 0 Å². The highest BCUT2D eigenvalue weighted by atomic mass is 32.2. The molecular weight excluding hydrogens is 440 g/mol. The summed E-state index contributed by atoms with van der Waals surface area (Å²) >= 11 is 0. The summed E-state index contributed by atoms with van der Waals surface area (Å²) in [6, 6.07) is 18.8. The minimum atomic E-state index is -3.74. The van der Waals surface area contributed by atoms with E-state index in [1.54, 1.807) is 13.8 Å². The first-order chi connectivity index (χ1) is 15.6. The maximum Gasteiger partial charge on any atom is 0.338 e. The zero-order chi connectivity index (χ0) is 24.2. The molecule has 1 amide bonds. The zero-order valence-corrected chi connectivity index (χ0v) is 19.9. The smallest absolute Gasteiger partial charge is 0.338 e. The fourth-order valence-corrected chi connectivity index (χ4v) is 4.84. The molecule has 0 saturated heterocycles. The van der Waals surface area contributed by atoms with E-state index in [0.717, 1.165) is 16.3 Å². The van der Waals surface area contributed by atoms with E-state index in [4.69, 9.17) is 4.74 Å². The van der Waals surface area contributed by atoms with E-state index in [9.17, 15) is 18.0 Å². The Balaban J connectivity index is 1.64. The number of fused-ring (bicyclic) bond motifs is 1. The molecule has 33 heavy (non-hydrogen) atoms. The van der Waals surface area contributed by atoms with Crippen molar-refractivity contribution >= 4 is 32.7 Å². The van der Waals surface area contributed by atoms with E-state index in [1.165, 1.54) is 35.6 Å². The number of nitrogens with one attached hydrogen (secondary N) is 1. The minimum Gasteiger partial charge on any atom is -0.452 e. The molecule has 0 spiro atoms. The molecule has 0 aliphatic heterocycles. The van der Waals surface area contributed by atoms with E-state index < -0.39 is 28.5 Å². The fraction of sp³-hybridized carbons (Fsp3) is 0.280. The lowest BCUT2D eigenvalue weighted by Gasteiger charge is -2.21. The van der Waals surface area contributed by atoms with Crippen LogP contribution in [0.15, 0.2) is 71.6 Å². The van der Waals surface area contributed by atoms with Gasteiger partial charge in [-0.25, -0.2) is 13.2 Å². The molecule has 0 aliphatic carbocycles. The molecule has 1 atom stereocenters. The van der Waals surface area contributed by atoms with Crippen molar-refractivity contribution < 1.29 is 22.7 Å². The Morgan fingerprint density at radius 2 is 1.64 bits per heavy atom. The molecule has 7 nitrogen and oxygen atoms in total. The van der Waals surface area contributed by atoms with Gasteiger partial charge in [-0.2, -0.15) is 4.31 Å². The Morgan fingerprint density at radius 1 is 0.970 bits per heavy atom. The Bertz CT molecular complexity index is 1270. The first kappa shape index (κ1) is 24.4. The van der Waals surface area contributed by atoms with Gasteiger partial charge in [0, 0.05) is 13.1 Å². The Kier molecular flexibility index (Phi) is 7.50. The van der Waals surface area contributed by atoms with Crippen LogP contribution in [0.25, 0.3) is 10.8 Å². The molecular formula is C25H28N2O5S. The van der Waals surface area contributed by atoms with Gasteiger partial charge in [-0.05, 0) is 55.3 Å². The monoisotopic (exact) mass is 468 g/mol. The average molecular weight is 469 g/mol. The number of amides is 1. The second-order valence-corrected chi connectivity index (χ2v) is 10.1. The van der Waals surface area contributed by atoms with Gasteiger partial charge >= 0.3 is 5.97 Å². The van der Waals surface area contributed by atoms with Gasteiger partial charge in [-0.3, -0.25) is 4.79 Å². The van der Waals surface area contributed by atoms with E-state index in [1.807, 2.05) is 49.4 Å². The predicted octanol–water partition coefficient (Wildman–Crippen LogP) is 3.90. The van der Waals surface area contributed by atoms with Gasteiger partial charge in [-0.1, -0.05) is 48.5 Å². The second-order valence-electron chi connectivity index (χ2n) is 8.08. The molecule has 1 N–H and O–H groups in total. The normalized spacial score (nSPS) is 12.7. The lowest BCUT2D eigenvalue weighted by atomic mass is 10.00. The molecule has 0 aliphatic rings. The van der Waals surface area contributed by atoms with Crippen LogP contribution in [0.3, 0.4) is 0 Å². The molecule has 8 heteroatoms. The summed E-state index contributed by atoms with van der Waals surface area (Å²) in [5.74, 6) is -1.22. The number of benzene rings is 3. The van der Waals surface area contributed by atoms with Crippen LogP contribution in [0, 0.1) is 0 Å². The van der Waals surface area contributed by atoms with Crippen LogP contribution in [0.2, 0.25) is 0 Å². The molecule has 1 unspecified atom stereocenters. The Hall–Kier alpha value is -3.23. The molecule has 174 valence electrons. The van der Waals surface area contributed by atoms with Crippen molar-refractivity contribution in [1.29, 1.82) is 0 Å². The van der Waals surface area contributed by atoms with Gasteiger partial charge in [-0.15, -0.1) is 0 Å². The summed E-state index contributed by atoms with van der Waals surface area (Å²) < 4.78 is 31.7. The van der Waals surface area contributed by atoms with Crippen molar-refractivity contribution in [2.45, 2.75) is 37.8 Å². The van der Waals surface area contributed by atoms with Crippen LogP contribution in [-0.4, -0.2) is 44.3 Å². The molecule has 0 aromatic heterocycles. The zero-order valence-electron chi connectivity index (χ0n) is 19.1. The molecule has 0 bridgehead atoms. The molecule has 0 heterocycles. The molecule has 3 aromatic rings. The summed E-state index contributed by atoms with van der Waals surface area (Å²) in [5, 5.41) is 4.95. The molecule has 3 aromatic carbocycles. The number of sulfonamides is 1. The van der Waals surface area contributed by atoms with Gasteiger partial charge < -0.3 is 10.1 Å². The van der Waals surface area contributed by atoms with Gasteiger partial charge in [0.2, 0.25) is 10.0 Å². The molecule has 0 saturated carbocycles. The minimum absolute atomic E-state index is 0.0119. The standard InChI is InChI=1S/C25H28N2O5S/c1-17(2)27(4)33(30,31)21-12-7-11-20(15-21)25(29)32-16-24(28)26-18(3)22-14-8-10-19-9-5-6-13-23(19)22/h5-15,17-18H,16H2,1-4H3,(H,26,28). The summed E-state index contributed by atoms with van der Waals surface area (Å²) in [6.45, 7) is 4.90. The highest BCUT2D eigenvalue weighted by molar-refractivity contribution is 7.89. The van der Waals surface area contributed by atoms with Crippen LogP contribution in [-0.2, 0) is 19.6 Å². The number of ether oxygens (including phenoxy) is 1. The van der Waals surface area contributed by atoms with Crippen LogP contribution in [0.5, 0.6) is 0 Å². The summed E-state index contributed by atoms with van der Waals surface area (Å²) in [6.07, 6.45) is 0. The Labute approximate surface area is 194 Å². The van der Waals surface area contributed by atoms with Crippen LogP contribution in [0.1, 0.15) is 42.7 Å². The van der Waals surface area contributed by atoms with Crippen molar-refractivity contribution in [2.24, 2.45) is 0 Å². The van der Waals surface area contributed by atoms with E-state index in [-0.39, 0.29) is 22.5 Å². The number of rotatable bonds is 8. The molecule has 0 radical (unpaired) electrons. The fourth-order valence-electron chi connectivity index (χ4n) is 3.43. The van der Waals surface area contributed by atoms with Crippen LogP contribution in [0.4, 0.5) is 0 Å². The van der Waals surface area contributed by atoms with Gasteiger partial charge in [0.15, 0.2) is 6.61 Å². The highest BCUT2D eigenvalue weighted by Gasteiger charge is 2.24. The SMILES string of the molecule is CC(NC(=O)COC(=O)c1cccc(S(=O)(=O)N(C)C(C)C)c1)c1cccc2ccccc12. The third-order valence-electron chi connectivity index (χ3n) is 5.48. The quantitative estimate of drug-likeness (QED) is 0.506. The maximum atomic E-state index is 12.7. The van der Waals surface area contributed by atoms with E-state index >= 15 is 0 Å². The lowest BCUT2D eigenvalue weighted by molar-refractivity contribution is -0.124. The topological polar surface area (TPSA) is 92.8 Å². The summed E-state index contributed by atoms with van der Waals surface area (Å²) in [7, 11) is -2.27. The van der Waals surface area contributed by atoms with E-state index in [0.29, 0.717) is 0 Å². The van der Waals surface area contributed by atoms with Crippen LogP contribution < -0.4 is 5.32 Å². The number of carbonyl (C=O) groups is 2. The second kappa shape index (κ2) is 10.1. The van der Waals surface area contributed by atoms with Crippen molar-refractivity contribution in [3.8, 4) is 0 Å². The number of esters is 1. The average Bonchev–Trinajstić information content (AvgIpc) is 2.81. The molecule has 0 fully saturated rings. The maximum absolute atomic E-state index is 12.7. The van der Waals surface area contributed by atoms with Crippen LogP contribution >= 0.6 is 0 Å². The van der Waals surface area contributed by atoms with Crippen molar-refractivity contribution in [2.75, 3.05) is 13.7 Å². The molecule has 3 rings (SSSR count). The van der Waals surface area contributed by atoms with E-state index in [2.05, 4.69) is 5.32 Å². The van der Waals surface area contributed by atoms with Crippen molar-refractivity contribution in [3.05, 3.63) is 77.9 Å². The highest BCUT2D eigenvalue weighted by Crippen LogP contribution is 2.24.